The fourth-order valence-electron chi connectivity index (χ4n) is 1.59. The van der Waals surface area contributed by atoms with Crippen LogP contribution in [0.25, 0.3) is 0 Å². The van der Waals surface area contributed by atoms with Crippen LogP contribution >= 0.6 is 0 Å². The van der Waals surface area contributed by atoms with Crippen molar-refractivity contribution in [2.24, 2.45) is 11.8 Å². The molecule has 64 valence electrons. The van der Waals surface area contributed by atoms with Gasteiger partial charge in [-0.2, -0.15) is 0 Å². The summed E-state index contributed by atoms with van der Waals surface area (Å²) in [7, 11) is 1.45. The van der Waals surface area contributed by atoms with Gasteiger partial charge < -0.3 is 10.1 Å². The lowest BCUT2D eigenvalue weighted by molar-refractivity contribution is -0.146. The first kappa shape index (κ1) is 8.53. The molecular weight excluding hydrogens is 142 g/mol. The van der Waals surface area contributed by atoms with Gasteiger partial charge >= 0.3 is 5.97 Å². The highest BCUT2D eigenvalue weighted by Crippen LogP contribution is 2.20. The highest BCUT2D eigenvalue weighted by Gasteiger charge is 2.31. The van der Waals surface area contributed by atoms with Crippen LogP contribution in [0.1, 0.15) is 13.3 Å². The second kappa shape index (κ2) is 3.72. The first-order chi connectivity index (χ1) is 5.29. The molecule has 1 N–H and O–H groups in total. The first-order valence-electron chi connectivity index (χ1n) is 4.08. The van der Waals surface area contributed by atoms with Crippen LogP contribution in [0, 0.1) is 11.8 Å². The quantitative estimate of drug-likeness (QED) is 0.590. The maximum atomic E-state index is 11.1. The summed E-state index contributed by atoms with van der Waals surface area (Å²) in [6.45, 7) is 3.84. The molecule has 2 atom stereocenters. The number of carbonyl (C=O) groups excluding carboxylic acids is 1. The van der Waals surface area contributed by atoms with Crippen LogP contribution in [0.2, 0.25) is 0 Å². The SMILES string of the molecule is CC[C@@H]1CNC[C@H]1C(=O)OC. The zero-order chi connectivity index (χ0) is 8.27. The number of rotatable bonds is 2. The lowest BCUT2D eigenvalue weighted by atomic mass is 9.94. The third-order valence-electron chi connectivity index (χ3n) is 2.37. The molecule has 1 saturated heterocycles. The summed E-state index contributed by atoms with van der Waals surface area (Å²) in [5.41, 5.74) is 0. The third-order valence-corrected chi connectivity index (χ3v) is 2.37. The van der Waals surface area contributed by atoms with Crippen LogP contribution < -0.4 is 5.32 Å². The number of nitrogens with one attached hydrogen (secondary N) is 1. The summed E-state index contributed by atoms with van der Waals surface area (Å²) >= 11 is 0. The van der Waals surface area contributed by atoms with E-state index in [9.17, 15) is 4.79 Å². The molecule has 0 saturated carbocycles. The minimum Gasteiger partial charge on any atom is -0.469 e. The topological polar surface area (TPSA) is 38.3 Å². The van der Waals surface area contributed by atoms with E-state index in [1.54, 1.807) is 0 Å². The predicted octanol–water partition coefficient (Wildman–Crippen LogP) is 0.405. The Morgan fingerprint density at radius 3 is 2.91 bits per heavy atom. The minimum absolute atomic E-state index is 0.0677. The molecule has 0 aromatic heterocycles. The number of ether oxygens (including phenoxy) is 1. The maximum absolute atomic E-state index is 11.1. The van der Waals surface area contributed by atoms with E-state index >= 15 is 0 Å². The average molecular weight is 157 g/mol. The number of hydrogen-bond donors (Lipinski definition) is 1. The zero-order valence-electron chi connectivity index (χ0n) is 7.09. The van der Waals surface area contributed by atoms with Crippen molar-refractivity contribution in [3.63, 3.8) is 0 Å². The second-order valence-corrected chi connectivity index (χ2v) is 2.96. The molecule has 0 amide bonds. The largest absolute Gasteiger partial charge is 0.469 e. The number of esters is 1. The number of methoxy groups -OCH3 is 1. The molecule has 0 aromatic carbocycles. The highest BCUT2D eigenvalue weighted by molar-refractivity contribution is 5.73. The van der Waals surface area contributed by atoms with E-state index in [0.717, 1.165) is 19.5 Å². The van der Waals surface area contributed by atoms with Crippen LogP contribution in [0.3, 0.4) is 0 Å². The molecule has 0 aromatic rings. The van der Waals surface area contributed by atoms with Crippen molar-refractivity contribution in [3.05, 3.63) is 0 Å². The molecule has 1 fully saturated rings. The van der Waals surface area contributed by atoms with Crippen LogP contribution in [0.4, 0.5) is 0 Å². The summed E-state index contributed by atoms with van der Waals surface area (Å²) in [6, 6.07) is 0. The van der Waals surface area contributed by atoms with Crippen molar-refractivity contribution >= 4 is 5.97 Å². The molecule has 0 unspecified atom stereocenters. The van der Waals surface area contributed by atoms with Crippen molar-refractivity contribution in [2.45, 2.75) is 13.3 Å². The van der Waals surface area contributed by atoms with Crippen LogP contribution in [0.15, 0.2) is 0 Å². The molecule has 0 spiro atoms. The smallest absolute Gasteiger partial charge is 0.310 e. The van der Waals surface area contributed by atoms with E-state index in [4.69, 9.17) is 0 Å². The Morgan fingerprint density at radius 1 is 1.64 bits per heavy atom. The summed E-state index contributed by atoms with van der Waals surface area (Å²) in [5.74, 6) is 0.495. The summed E-state index contributed by atoms with van der Waals surface area (Å²) < 4.78 is 4.69. The molecule has 0 aliphatic carbocycles. The predicted molar refractivity (Wildman–Crippen MR) is 42.2 cm³/mol. The molecule has 1 rings (SSSR count). The normalized spacial score (nSPS) is 30.4. The van der Waals surface area contributed by atoms with Gasteiger partial charge in [0.2, 0.25) is 0 Å². The van der Waals surface area contributed by atoms with Crippen LogP contribution in [0.5, 0.6) is 0 Å². The van der Waals surface area contributed by atoms with Crippen molar-refractivity contribution in [3.8, 4) is 0 Å². The zero-order valence-corrected chi connectivity index (χ0v) is 7.09. The molecule has 11 heavy (non-hydrogen) atoms. The second-order valence-electron chi connectivity index (χ2n) is 2.96. The van der Waals surface area contributed by atoms with E-state index in [1.807, 2.05) is 0 Å². The van der Waals surface area contributed by atoms with Crippen LogP contribution in [-0.2, 0) is 9.53 Å². The standard InChI is InChI=1S/C8H15NO2/c1-3-6-4-9-5-7(6)8(10)11-2/h6-7,9H,3-5H2,1-2H3/t6-,7-/m1/s1. The van der Waals surface area contributed by atoms with Gasteiger partial charge in [-0.15, -0.1) is 0 Å². The number of carbonyl (C=O) groups is 1. The number of hydrogen-bond acceptors (Lipinski definition) is 3. The van der Waals surface area contributed by atoms with Gasteiger partial charge in [-0.1, -0.05) is 13.3 Å². The monoisotopic (exact) mass is 157 g/mol. The lowest BCUT2D eigenvalue weighted by Crippen LogP contribution is -2.23. The summed E-state index contributed by atoms with van der Waals surface area (Å²) in [5, 5.41) is 3.19. The Balaban J connectivity index is 2.49. The molecule has 3 nitrogen and oxygen atoms in total. The van der Waals surface area contributed by atoms with Gasteiger partial charge in [-0.05, 0) is 12.5 Å². The molecule has 1 aliphatic heterocycles. The molecule has 0 bridgehead atoms. The van der Waals surface area contributed by atoms with E-state index in [1.165, 1.54) is 7.11 Å². The van der Waals surface area contributed by atoms with Gasteiger partial charge in [-0.3, -0.25) is 4.79 Å². The van der Waals surface area contributed by atoms with Gasteiger partial charge in [0.05, 0.1) is 13.0 Å². The Hall–Kier alpha value is -0.570. The van der Waals surface area contributed by atoms with Crippen LogP contribution in [-0.4, -0.2) is 26.2 Å². The van der Waals surface area contributed by atoms with Gasteiger partial charge in [0.25, 0.3) is 0 Å². The molecule has 3 heteroatoms. The molecular formula is C8H15NO2. The summed E-state index contributed by atoms with van der Waals surface area (Å²) in [6.07, 6.45) is 1.05. The maximum Gasteiger partial charge on any atom is 0.310 e. The van der Waals surface area contributed by atoms with E-state index < -0.39 is 0 Å². The molecule has 1 heterocycles. The molecule has 0 radical (unpaired) electrons. The Bertz CT molecular complexity index is 147. The average Bonchev–Trinajstić information content (AvgIpc) is 2.50. The Labute approximate surface area is 67.1 Å². The minimum atomic E-state index is -0.0677. The summed E-state index contributed by atoms with van der Waals surface area (Å²) in [4.78, 5) is 11.1. The van der Waals surface area contributed by atoms with Crippen molar-refractivity contribution in [1.29, 1.82) is 0 Å². The Morgan fingerprint density at radius 2 is 2.36 bits per heavy atom. The van der Waals surface area contributed by atoms with Crippen molar-refractivity contribution in [1.82, 2.24) is 5.32 Å². The lowest BCUT2D eigenvalue weighted by Gasteiger charge is -2.13. The van der Waals surface area contributed by atoms with Gasteiger partial charge in [-0.25, -0.2) is 0 Å². The Kier molecular flexibility index (Phi) is 2.88. The third kappa shape index (κ3) is 1.71. The van der Waals surface area contributed by atoms with E-state index in [2.05, 4.69) is 17.0 Å². The van der Waals surface area contributed by atoms with Gasteiger partial charge in [0.15, 0.2) is 0 Å². The first-order valence-corrected chi connectivity index (χ1v) is 4.08. The molecule has 1 aliphatic rings. The van der Waals surface area contributed by atoms with Crippen molar-refractivity contribution in [2.75, 3.05) is 20.2 Å². The van der Waals surface area contributed by atoms with E-state index in [-0.39, 0.29) is 11.9 Å². The fourth-order valence-corrected chi connectivity index (χ4v) is 1.59. The fraction of sp³-hybridized carbons (Fsp3) is 0.875. The van der Waals surface area contributed by atoms with Crippen molar-refractivity contribution < 1.29 is 9.53 Å². The van der Waals surface area contributed by atoms with Gasteiger partial charge in [0, 0.05) is 6.54 Å². The highest BCUT2D eigenvalue weighted by atomic mass is 16.5. The van der Waals surface area contributed by atoms with Gasteiger partial charge in [0.1, 0.15) is 0 Å². The van der Waals surface area contributed by atoms with E-state index in [0.29, 0.717) is 5.92 Å².